The molecule has 9 nitrogen and oxygen atoms in total. The number of carbonyl (C=O) groups is 2. The highest BCUT2D eigenvalue weighted by Gasteiger charge is 2.52. The van der Waals surface area contributed by atoms with Gasteiger partial charge in [0, 0.05) is 6.04 Å². The van der Waals surface area contributed by atoms with Gasteiger partial charge in [-0.25, -0.2) is 8.42 Å². The minimum atomic E-state index is -4.09. The van der Waals surface area contributed by atoms with E-state index in [2.05, 4.69) is 5.32 Å². The summed E-state index contributed by atoms with van der Waals surface area (Å²) in [5.41, 5.74) is 5.72. The number of amides is 1. The normalized spacial score (nSPS) is 18.2. The Balaban J connectivity index is 1.53. The number of nitrogens with two attached hydrogens (primary N) is 1. The van der Waals surface area contributed by atoms with Crippen molar-refractivity contribution in [3.8, 4) is 5.75 Å². The molecule has 1 amide bonds. The fourth-order valence-electron chi connectivity index (χ4n) is 4.26. The van der Waals surface area contributed by atoms with Gasteiger partial charge in [0.1, 0.15) is 11.8 Å². The van der Waals surface area contributed by atoms with Gasteiger partial charge in [0.05, 0.1) is 24.8 Å². The minimum absolute atomic E-state index is 0.0484. The van der Waals surface area contributed by atoms with Crippen LogP contribution in [0.1, 0.15) is 38.8 Å². The summed E-state index contributed by atoms with van der Waals surface area (Å²) in [5.74, 6) is -1.65. The van der Waals surface area contributed by atoms with Crippen LogP contribution in [-0.2, 0) is 36.4 Å². The third-order valence-electron chi connectivity index (χ3n) is 6.33. The van der Waals surface area contributed by atoms with Crippen molar-refractivity contribution >= 4 is 21.9 Å². The maximum atomic E-state index is 13.7. The Morgan fingerprint density at radius 1 is 1.05 bits per heavy atom. The summed E-state index contributed by atoms with van der Waals surface area (Å²) in [6.45, 7) is 4.57. The van der Waals surface area contributed by atoms with Crippen LogP contribution < -0.4 is 15.8 Å². The number of benzene rings is 3. The number of hydrogen-bond donors (Lipinski definition) is 2. The fraction of sp³-hybridized carbons (Fsp3) is 0.333. The van der Waals surface area contributed by atoms with Crippen LogP contribution in [-0.4, -0.2) is 55.9 Å². The van der Waals surface area contributed by atoms with Gasteiger partial charge in [-0.05, 0) is 62.5 Å². The molecule has 1 aliphatic rings. The van der Waals surface area contributed by atoms with Gasteiger partial charge < -0.3 is 20.5 Å². The molecule has 2 atom stereocenters. The highest BCUT2D eigenvalue weighted by molar-refractivity contribution is 7.89. The third-order valence-corrected chi connectivity index (χ3v) is 8.11. The summed E-state index contributed by atoms with van der Waals surface area (Å²) in [6.07, 6.45) is -1.11. The van der Waals surface area contributed by atoms with Crippen LogP contribution in [0.4, 0.5) is 0 Å². The van der Waals surface area contributed by atoms with E-state index < -0.39 is 69.9 Å². The van der Waals surface area contributed by atoms with Crippen molar-refractivity contribution in [2.75, 3.05) is 13.1 Å². The Morgan fingerprint density at radius 3 is 2.38 bits per heavy atom. The number of para-hydroxylation sites is 1. The number of ether oxygens (including phenoxy) is 2. The number of rotatable bonds is 11. The first-order chi connectivity index (χ1) is 21.1. The molecule has 0 bridgehead atoms. The lowest BCUT2D eigenvalue weighted by atomic mass is 9.87. The SMILES string of the molecule is [2H]c1c([2H])c([2H])c(OC2(c3ccccc3)CN(S(=O)(=O)c3cccc(C[C@H](N)C(=O)OC(C)C(=O)NC(C)C)c3)C2)c([2H])c1[2H]. The van der Waals surface area contributed by atoms with Crippen LogP contribution in [0.25, 0.3) is 0 Å². The zero-order valence-corrected chi connectivity index (χ0v) is 23.2. The molecule has 1 unspecified atom stereocenters. The van der Waals surface area contributed by atoms with Crippen LogP contribution in [0.3, 0.4) is 0 Å². The Labute approximate surface area is 242 Å². The number of carbonyl (C=O) groups excluding carboxylic acids is 2. The maximum absolute atomic E-state index is 13.7. The number of nitrogens with zero attached hydrogens (tertiary/aromatic N) is 1. The summed E-state index contributed by atoms with van der Waals surface area (Å²) < 4.78 is 80.3. The van der Waals surface area contributed by atoms with Crippen molar-refractivity contribution in [3.05, 3.63) is 95.9 Å². The Bertz CT molecular complexity index is 1670. The summed E-state index contributed by atoms with van der Waals surface area (Å²) in [6, 6.07) is 10.5. The minimum Gasteiger partial charge on any atom is -0.480 e. The molecular weight excluding hydrogens is 530 g/mol. The van der Waals surface area contributed by atoms with Gasteiger partial charge in [0.15, 0.2) is 11.7 Å². The number of nitrogens with one attached hydrogen (secondary N) is 1. The summed E-state index contributed by atoms with van der Waals surface area (Å²) in [5, 5.41) is 2.64. The van der Waals surface area contributed by atoms with E-state index in [4.69, 9.17) is 22.1 Å². The highest BCUT2D eigenvalue weighted by Crippen LogP contribution is 2.40. The van der Waals surface area contributed by atoms with E-state index in [-0.39, 0.29) is 36.2 Å². The van der Waals surface area contributed by atoms with E-state index in [1.165, 1.54) is 25.1 Å². The second kappa shape index (κ2) is 12.2. The first-order valence-corrected chi connectivity index (χ1v) is 14.2. The van der Waals surface area contributed by atoms with E-state index in [1.807, 2.05) is 0 Å². The van der Waals surface area contributed by atoms with Crippen molar-refractivity contribution in [2.45, 2.75) is 55.9 Å². The fourth-order valence-corrected chi connectivity index (χ4v) is 5.87. The lowest BCUT2D eigenvalue weighted by molar-refractivity contribution is -0.156. The zero-order chi connectivity index (χ0) is 33.3. The highest BCUT2D eigenvalue weighted by atomic mass is 32.2. The second-order valence-electron chi connectivity index (χ2n) is 9.89. The topological polar surface area (TPSA) is 128 Å². The van der Waals surface area contributed by atoms with Crippen molar-refractivity contribution in [1.29, 1.82) is 0 Å². The van der Waals surface area contributed by atoms with Crippen LogP contribution in [0.2, 0.25) is 0 Å². The molecule has 0 spiro atoms. The summed E-state index contributed by atoms with van der Waals surface area (Å²) in [7, 11) is -4.09. The smallest absolute Gasteiger partial charge is 0.324 e. The summed E-state index contributed by atoms with van der Waals surface area (Å²) >= 11 is 0. The van der Waals surface area contributed by atoms with Gasteiger partial charge >= 0.3 is 5.97 Å². The standard InChI is InChI=1S/C30H35N3O6S/c1-21(2)32-28(34)22(3)38-29(35)27(31)18-23-11-10-16-26(17-23)40(36,37)33-19-30(20-33,24-12-6-4-7-13-24)39-25-14-8-5-9-15-25/h4-17,21-22,27H,18-20,31H2,1-3H3,(H,32,34)/t22?,27-/m0/s1/i5D,8D,9D,14D,15D. The Morgan fingerprint density at radius 2 is 1.73 bits per heavy atom. The molecule has 0 radical (unpaired) electrons. The molecule has 1 heterocycles. The maximum Gasteiger partial charge on any atom is 0.324 e. The molecule has 1 aliphatic heterocycles. The van der Waals surface area contributed by atoms with Gasteiger partial charge in [0.25, 0.3) is 5.91 Å². The van der Waals surface area contributed by atoms with E-state index in [0.717, 1.165) is 4.31 Å². The van der Waals surface area contributed by atoms with E-state index in [0.29, 0.717) is 11.1 Å². The zero-order valence-electron chi connectivity index (χ0n) is 27.4. The first kappa shape index (κ1) is 23.0. The Hall–Kier alpha value is -3.73. The largest absolute Gasteiger partial charge is 0.480 e. The van der Waals surface area contributed by atoms with E-state index in [1.54, 1.807) is 50.2 Å². The van der Waals surface area contributed by atoms with Gasteiger partial charge in [0.2, 0.25) is 10.0 Å². The van der Waals surface area contributed by atoms with Gasteiger partial charge in [-0.3, -0.25) is 9.59 Å². The number of esters is 1. The van der Waals surface area contributed by atoms with Crippen LogP contribution in [0.15, 0.2) is 89.7 Å². The molecule has 0 aliphatic carbocycles. The molecule has 40 heavy (non-hydrogen) atoms. The molecule has 1 saturated heterocycles. The van der Waals surface area contributed by atoms with Crippen molar-refractivity contribution in [2.24, 2.45) is 5.73 Å². The average Bonchev–Trinajstić information content (AvgIpc) is 2.98. The first-order valence-electron chi connectivity index (χ1n) is 15.2. The van der Waals surface area contributed by atoms with Crippen molar-refractivity contribution < 1.29 is 34.3 Å². The quantitative estimate of drug-likeness (QED) is 0.339. The lowest BCUT2D eigenvalue weighted by Gasteiger charge is -2.48. The number of sulfonamides is 1. The van der Waals surface area contributed by atoms with E-state index >= 15 is 0 Å². The van der Waals surface area contributed by atoms with Crippen molar-refractivity contribution in [3.63, 3.8) is 0 Å². The number of hydrogen-bond acceptors (Lipinski definition) is 7. The van der Waals surface area contributed by atoms with E-state index in [9.17, 15) is 18.0 Å². The molecule has 3 aromatic carbocycles. The molecule has 212 valence electrons. The van der Waals surface area contributed by atoms with Crippen LogP contribution >= 0.6 is 0 Å². The average molecular weight is 571 g/mol. The third kappa shape index (κ3) is 6.70. The summed E-state index contributed by atoms with van der Waals surface area (Å²) in [4.78, 5) is 24.6. The molecule has 3 aromatic rings. The monoisotopic (exact) mass is 570 g/mol. The molecule has 3 N–H and O–H groups in total. The molecule has 10 heteroatoms. The van der Waals surface area contributed by atoms with Gasteiger partial charge in [-0.1, -0.05) is 60.6 Å². The van der Waals surface area contributed by atoms with Gasteiger partial charge in [-0.2, -0.15) is 4.31 Å². The predicted octanol–water partition coefficient (Wildman–Crippen LogP) is 2.99. The molecular formula is C30H35N3O6S. The molecule has 1 fully saturated rings. The van der Waals surface area contributed by atoms with Gasteiger partial charge in [-0.15, -0.1) is 0 Å². The lowest BCUT2D eigenvalue weighted by Crippen LogP contribution is -2.63. The molecule has 0 aromatic heterocycles. The van der Waals surface area contributed by atoms with Crippen LogP contribution in [0, 0.1) is 0 Å². The molecule has 0 saturated carbocycles. The second-order valence-corrected chi connectivity index (χ2v) is 11.8. The van der Waals surface area contributed by atoms with Crippen LogP contribution in [0.5, 0.6) is 5.75 Å². The Kier molecular flexibility index (Phi) is 7.02. The molecule has 4 rings (SSSR count). The van der Waals surface area contributed by atoms with Crippen molar-refractivity contribution in [1.82, 2.24) is 9.62 Å². The predicted molar refractivity (Wildman–Crippen MR) is 151 cm³/mol.